The predicted molar refractivity (Wildman–Crippen MR) is 128 cm³/mol. The van der Waals surface area contributed by atoms with Crippen molar-refractivity contribution in [2.24, 2.45) is 23.7 Å². The lowest BCUT2D eigenvalue weighted by molar-refractivity contribution is -0.379. The topological polar surface area (TPSA) is 88.0 Å². The zero-order valence-electron chi connectivity index (χ0n) is 21.1. The maximum absolute atomic E-state index is 13.0. The van der Waals surface area contributed by atoms with E-state index in [1.165, 1.54) is 12.1 Å². The van der Waals surface area contributed by atoms with Gasteiger partial charge in [-0.25, -0.2) is 9.28 Å². The molecular weight excluding hydrogens is 437 g/mol. The number of fused-ring (bicyclic) bond motifs is 1. The Morgan fingerprint density at radius 2 is 1.97 bits per heavy atom. The fourth-order valence-electron chi connectivity index (χ4n) is 6.22. The molecule has 1 saturated carbocycles. The molecular formula is C27H42FNO5. The molecule has 7 heteroatoms. The molecule has 1 heterocycles. The van der Waals surface area contributed by atoms with E-state index in [1.54, 1.807) is 12.1 Å². The van der Waals surface area contributed by atoms with E-state index in [-0.39, 0.29) is 41.5 Å². The largest absolute Gasteiger partial charge is 0.393 e. The predicted octanol–water partition coefficient (Wildman–Crippen LogP) is 5.09. The van der Waals surface area contributed by atoms with Crippen LogP contribution in [0.15, 0.2) is 24.3 Å². The second-order valence-corrected chi connectivity index (χ2v) is 11.0. The highest BCUT2D eigenvalue weighted by Gasteiger charge is 2.57. The third-order valence-corrected chi connectivity index (χ3v) is 8.34. The standard InChI is InChI=1S/C27H42FNO5/c1-5-21(24(30)12-13-25(31)29-16-19-7-9-20(28)10-8-19)23-11-6-18(2)22-14-15-26(3,4)33-17-27(22,23)34-32/h7-10,18,21-24,30,32H,5-6,11-17H2,1-4H3,(H,29,31). The number of carbonyl (C=O) groups excluding carboxylic acids is 1. The molecule has 1 aliphatic carbocycles. The summed E-state index contributed by atoms with van der Waals surface area (Å²) < 4.78 is 19.3. The minimum absolute atomic E-state index is 0.0603. The minimum atomic E-state index is -0.849. The van der Waals surface area contributed by atoms with Gasteiger partial charge in [-0.3, -0.25) is 10.1 Å². The normalized spacial score (nSPS) is 30.6. The van der Waals surface area contributed by atoms with Gasteiger partial charge in [-0.2, -0.15) is 0 Å². The van der Waals surface area contributed by atoms with Crippen LogP contribution in [-0.2, 0) is 21.0 Å². The number of nitrogens with one attached hydrogen (secondary N) is 1. The summed E-state index contributed by atoms with van der Waals surface area (Å²) in [5.41, 5.74) is -0.309. The SMILES string of the molecule is CCC(C(O)CCC(=O)NCc1ccc(F)cc1)C1CCC(C)C2CCC(C)(C)OCC21OO. The van der Waals surface area contributed by atoms with E-state index >= 15 is 0 Å². The number of amides is 1. The lowest BCUT2D eigenvalue weighted by atomic mass is 9.58. The maximum Gasteiger partial charge on any atom is 0.220 e. The van der Waals surface area contributed by atoms with E-state index in [1.807, 2.05) is 6.92 Å². The van der Waals surface area contributed by atoms with Crippen molar-refractivity contribution in [2.75, 3.05) is 6.61 Å². The average molecular weight is 480 g/mol. The van der Waals surface area contributed by atoms with Crippen LogP contribution in [-0.4, -0.2) is 40.2 Å². The number of hydrogen-bond acceptors (Lipinski definition) is 5. The van der Waals surface area contributed by atoms with Gasteiger partial charge in [-0.1, -0.05) is 32.4 Å². The van der Waals surface area contributed by atoms with Crippen molar-refractivity contribution < 1.29 is 29.2 Å². The van der Waals surface area contributed by atoms with E-state index in [2.05, 4.69) is 26.1 Å². The Kier molecular flexibility index (Phi) is 9.12. The molecule has 2 aliphatic rings. The smallest absolute Gasteiger partial charge is 0.220 e. The molecule has 0 aromatic heterocycles. The molecule has 1 amide bonds. The number of ether oxygens (including phenoxy) is 1. The Balaban J connectivity index is 1.64. The molecule has 3 rings (SSSR count). The van der Waals surface area contributed by atoms with Crippen LogP contribution in [0.25, 0.3) is 0 Å². The van der Waals surface area contributed by atoms with Gasteiger partial charge in [0.25, 0.3) is 0 Å². The highest BCUT2D eigenvalue weighted by atomic mass is 19.1. The first-order chi connectivity index (χ1) is 16.1. The Labute approximate surface area is 203 Å². The van der Waals surface area contributed by atoms with E-state index in [0.29, 0.717) is 25.5 Å². The molecule has 6 atom stereocenters. The van der Waals surface area contributed by atoms with Gasteiger partial charge in [-0.05, 0) is 87.3 Å². The number of aliphatic hydroxyl groups is 1. The first-order valence-electron chi connectivity index (χ1n) is 12.8. The van der Waals surface area contributed by atoms with Crippen LogP contribution < -0.4 is 5.32 Å². The van der Waals surface area contributed by atoms with Gasteiger partial charge < -0.3 is 15.2 Å². The summed E-state index contributed by atoms with van der Waals surface area (Å²) in [6.07, 6.45) is 4.22. The monoisotopic (exact) mass is 479 g/mol. The first-order valence-corrected chi connectivity index (χ1v) is 12.8. The average Bonchev–Trinajstić information content (AvgIpc) is 2.96. The summed E-state index contributed by atoms with van der Waals surface area (Å²) >= 11 is 0. The number of aliphatic hydroxyl groups excluding tert-OH is 1. The third kappa shape index (κ3) is 6.17. The highest BCUT2D eigenvalue weighted by molar-refractivity contribution is 5.75. The van der Waals surface area contributed by atoms with Gasteiger partial charge in [0, 0.05) is 13.0 Å². The molecule has 1 aromatic rings. The van der Waals surface area contributed by atoms with Crippen molar-refractivity contribution in [3.05, 3.63) is 35.6 Å². The van der Waals surface area contributed by atoms with Crippen molar-refractivity contribution >= 4 is 5.91 Å². The van der Waals surface area contributed by atoms with Crippen molar-refractivity contribution in [1.82, 2.24) is 5.32 Å². The first kappa shape index (κ1) is 27.1. The zero-order chi connectivity index (χ0) is 24.9. The maximum atomic E-state index is 13.0. The summed E-state index contributed by atoms with van der Waals surface area (Å²) in [6.45, 7) is 9.04. The molecule has 1 saturated heterocycles. The summed E-state index contributed by atoms with van der Waals surface area (Å²) in [5, 5.41) is 24.3. The molecule has 0 bridgehead atoms. The van der Waals surface area contributed by atoms with Crippen LogP contribution in [0.1, 0.15) is 78.2 Å². The summed E-state index contributed by atoms with van der Waals surface area (Å²) in [6, 6.07) is 6.02. The van der Waals surface area contributed by atoms with Crippen LogP contribution >= 0.6 is 0 Å². The minimum Gasteiger partial charge on any atom is -0.393 e. The molecule has 0 spiro atoms. The van der Waals surface area contributed by atoms with Gasteiger partial charge in [0.2, 0.25) is 5.91 Å². The van der Waals surface area contributed by atoms with E-state index in [4.69, 9.17) is 9.62 Å². The van der Waals surface area contributed by atoms with Crippen molar-refractivity contribution in [2.45, 2.75) is 96.5 Å². The third-order valence-electron chi connectivity index (χ3n) is 8.34. The number of carbonyl (C=O) groups is 1. The Bertz CT molecular complexity index is 801. The van der Waals surface area contributed by atoms with Crippen LogP contribution in [0.3, 0.4) is 0 Å². The van der Waals surface area contributed by atoms with Gasteiger partial charge in [0.15, 0.2) is 0 Å². The van der Waals surface area contributed by atoms with E-state index in [9.17, 15) is 19.5 Å². The molecule has 192 valence electrons. The highest BCUT2D eigenvalue weighted by Crippen LogP contribution is 2.52. The summed E-state index contributed by atoms with van der Waals surface area (Å²) in [7, 11) is 0. The lowest BCUT2D eigenvalue weighted by Crippen LogP contribution is -2.58. The van der Waals surface area contributed by atoms with Crippen molar-refractivity contribution in [1.29, 1.82) is 0 Å². The Morgan fingerprint density at radius 3 is 2.62 bits per heavy atom. The molecule has 6 nitrogen and oxygen atoms in total. The van der Waals surface area contributed by atoms with Gasteiger partial charge in [0.1, 0.15) is 11.4 Å². The molecule has 3 N–H and O–H groups in total. The van der Waals surface area contributed by atoms with Gasteiger partial charge in [-0.15, -0.1) is 0 Å². The molecule has 1 aromatic carbocycles. The zero-order valence-corrected chi connectivity index (χ0v) is 21.1. The Morgan fingerprint density at radius 1 is 1.26 bits per heavy atom. The van der Waals surface area contributed by atoms with Crippen LogP contribution in [0.4, 0.5) is 4.39 Å². The van der Waals surface area contributed by atoms with Crippen molar-refractivity contribution in [3.8, 4) is 0 Å². The lowest BCUT2D eigenvalue weighted by Gasteiger charge is -2.52. The van der Waals surface area contributed by atoms with Crippen LogP contribution in [0.2, 0.25) is 0 Å². The van der Waals surface area contributed by atoms with E-state index < -0.39 is 11.7 Å². The molecule has 2 fully saturated rings. The molecule has 1 aliphatic heterocycles. The second kappa shape index (κ2) is 11.5. The fourth-order valence-corrected chi connectivity index (χ4v) is 6.22. The molecule has 6 unspecified atom stereocenters. The van der Waals surface area contributed by atoms with Crippen LogP contribution in [0.5, 0.6) is 0 Å². The number of benzene rings is 1. The van der Waals surface area contributed by atoms with Gasteiger partial charge >= 0.3 is 0 Å². The van der Waals surface area contributed by atoms with Crippen molar-refractivity contribution in [3.63, 3.8) is 0 Å². The quantitative estimate of drug-likeness (QED) is 0.339. The Hall–Kier alpha value is -1.54. The number of hydrogen-bond donors (Lipinski definition) is 3. The molecule has 34 heavy (non-hydrogen) atoms. The summed E-state index contributed by atoms with van der Waals surface area (Å²) in [4.78, 5) is 17.8. The molecule has 0 radical (unpaired) electrons. The second-order valence-electron chi connectivity index (χ2n) is 11.0. The van der Waals surface area contributed by atoms with E-state index in [0.717, 1.165) is 37.7 Å². The van der Waals surface area contributed by atoms with Crippen LogP contribution in [0, 0.1) is 29.5 Å². The summed E-state index contributed by atoms with van der Waals surface area (Å²) in [5.74, 6) is -0.0886. The number of halogens is 1. The fraction of sp³-hybridized carbons (Fsp3) is 0.741. The van der Waals surface area contributed by atoms with Gasteiger partial charge in [0.05, 0.1) is 18.3 Å². The number of rotatable bonds is 9.